The van der Waals surface area contributed by atoms with Crippen LogP contribution in [-0.2, 0) is 14.3 Å². The Kier molecular flexibility index (Phi) is 61.5. The van der Waals surface area contributed by atoms with E-state index in [2.05, 4.69) is 55.6 Å². The highest BCUT2D eigenvalue weighted by Gasteiger charge is 2.18. The Morgan fingerprint density at radius 2 is 0.676 bits per heavy atom. The second-order valence-electron chi connectivity index (χ2n) is 22.4. The lowest BCUT2D eigenvalue weighted by Crippen LogP contribution is -2.45. The van der Waals surface area contributed by atoms with Crippen LogP contribution in [0.15, 0.2) is 48.6 Å². The van der Waals surface area contributed by atoms with Gasteiger partial charge in [-0.25, -0.2) is 0 Å². The van der Waals surface area contributed by atoms with Crippen LogP contribution >= 0.6 is 0 Å². The van der Waals surface area contributed by atoms with Gasteiger partial charge in [-0.1, -0.05) is 294 Å². The lowest BCUT2D eigenvalue weighted by molar-refractivity contribution is -0.143. The average Bonchev–Trinajstić information content (AvgIpc) is 3.40. The molecule has 434 valence electrons. The van der Waals surface area contributed by atoms with Gasteiger partial charge in [-0.15, -0.1) is 0 Å². The molecular formula is C68H127NO5. The van der Waals surface area contributed by atoms with Gasteiger partial charge in [0.15, 0.2) is 0 Å². The minimum Gasteiger partial charge on any atom is -0.466 e. The van der Waals surface area contributed by atoms with Crippen LogP contribution in [0.25, 0.3) is 0 Å². The summed E-state index contributed by atoms with van der Waals surface area (Å²) in [5.74, 6) is -0.0627. The number of aliphatic hydroxyl groups is 2. The van der Waals surface area contributed by atoms with Crippen molar-refractivity contribution in [1.82, 2.24) is 5.32 Å². The number of allylic oxidation sites excluding steroid dienone is 7. The Bertz CT molecular complexity index is 1240. The molecule has 0 rings (SSSR count). The lowest BCUT2D eigenvalue weighted by Gasteiger charge is -2.20. The van der Waals surface area contributed by atoms with Gasteiger partial charge in [-0.3, -0.25) is 9.59 Å². The molecule has 0 spiro atoms. The summed E-state index contributed by atoms with van der Waals surface area (Å²) < 4.78 is 5.47. The smallest absolute Gasteiger partial charge is 0.305 e. The van der Waals surface area contributed by atoms with Gasteiger partial charge in [0.2, 0.25) is 5.91 Å². The Morgan fingerprint density at radius 1 is 0.378 bits per heavy atom. The summed E-state index contributed by atoms with van der Waals surface area (Å²) >= 11 is 0. The fraction of sp³-hybridized carbons (Fsp3) is 0.853. The second kappa shape index (κ2) is 63.4. The zero-order chi connectivity index (χ0) is 53.6. The number of rotatable bonds is 61. The highest BCUT2D eigenvalue weighted by Crippen LogP contribution is 2.17. The van der Waals surface area contributed by atoms with Crippen molar-refractivity contribution < 1.29 is 24.5 Å². The van der Waals surface area contributed by atoms with Crippen LogP contribution in [0.3, 0.4) is 0 Å². The molecule has 1 amide bonds. The number of ether oxygens (including phenoxy) is 1. The van der Waals surface area contributed by atoms with Gasteiger partial charge in [0.1, 0.15) is 0 Å². The summed E-state index contributed by atoms with van der Waals surface area (Å²) in [6.07, 6.45) is 81.8. The van der Waals surface area contributed by atoms with Crippen molar-refractivity contribution in [2.24, 2.45) is 0 Å². The van der Waals surface area contributed by atoms with Crippen molar-refractivity contribution in [1.29, 1.82) is 0 Å². The van der Waals surface area contributed by atoms with E-state index in [0.29, 0.717) is 19.4 Å². The zero-order valence-electron chi connectivity index (χ0n) is 49.6. The van der Waals surface area contributed by atoms with E-state index in [9.17, 15) is 19.8 Å². The van der Waals surface area contributed by atoms with Gasteiger partial charge in [0, 0.05) is 12.8 Å². The number of esters is 1. The van der Waals surface area contributed by atoms with Gasteiger partial charge >= 0.3 is 5.97 Å². The van der Waals surface area contributed by atoms with Crippen molar-refractivity contribution in [2.45, 2.75) is 360 Å². The molecule has 74 heavy (non-hydrogen) atoms. The maximum absolute atomic E-state index is 12.4. The monoisotopic (exact) mass is 1040 g/mol. The number of carbonyl (C=O) groups is 2. The van der Waals surface area contributed by atoms with E-state index in [0.717, 1.165) is 51.4 Å². The molecule has 0 aliphatic rings. The van der Waals surface area contributed by atoms with E-state index < -0.39 is 12.1 Å². The van der Waals surface area contributed by atoms with E-state index in [1.165, 1.54) is 270 Å². The van der Waals surface area contributed by atoms with Crippen LogP contribution in [-0.4, -0.2) is 47.4 Å². The largest absolute Gasteiger partial charge is 0.466 e. The number of hydrogen-bond acceptors (Lipinski definition) is 5. The van der Waals surface area contributed by atoms with Gasteiger partial charge < -0.3 is 20.3 Å². The normalized spacial score (nSPS) is 12.9. The molecule has 0 saturated heterocycles. The van der Waals surface area contributed by atoms with E-state index in [1.54, 1.807) is 6.08 Å². The molecule has 0 aliphatic heterocycles. The summed E-state index contributed by atoms with van der Waals surface area (Å²) in [6.45, 7) is 4.88. The summed E-state index contributed by atoms with van der Waals surface area (Å²) in [7, 11) is 0. The van der Waals surface area contributed by atoms with E-state index >= 15 is 0 Å². The van der Waals surface area contributed by atoms with Gasteiger partial charge in [0.25, 0.3) is 0 Å². The number of amides is 1. The van der Waals surface area contributed by atoms with Crippen molar-refractivity contribution in [2.75, 3.05) is 13.2 Å². The van der Waals surface area contributed by atoms with Crippen molar-refractivity contribution >= 4 is 11.9 Å². The van der Waals surface area contributed by atoms with Crippen molar-refractivity contribution in [3.8, 4) is 0 Å². The molecule has 3 N–H and O–H groups in total. The molecule has 0 bridgehead atoms. The quantitative estimate of drug-likeness (QED) is 0.0320. The van der Waals surface area contributed by atoms with Crippen LogP contribution in [0, 0.1) is 0 Å². The molecule has 0 saturated carbocycles. The third kappa shape index (κ3) is 59.1. The SMILES string of the molecule is CCCCC/C=C\CCCCCCCC(=O)OCCCCCCCCCCC/C=C\C/C=C\CCCCCCCCCCCCCCCCCCCC(=O)NC(CO)C(O)/C=C/CCCCCCCCCCCC. The molecule has 2 unspecified atom stereocenters. The number of nitrogens with one attached hydrogen (secondary N) is 1. The fourth-order valence-electron chi connectivity index (χ4n) is 10.0. The van der Waals surface area contributed by atoms with Crippen molar-refractivity contribution in [3.05, 3.63) is 48.6 Å². The molecule has 6 nitrogen and oxygen atoms in total. The Balaban J connectivity index is 3.39. The first-order valence-corrected chi connectivity index (χ1v) is 32.9. The number of carbonyl (C=O) groups excluding carboxylic acids is 2. The molecule has 6 heteroatoms. The van der Waals surface area contributed by atoms with Gasteiger partial charge in [-0.2, -0.15) is 0 Å². The summed E-state index contributed by atoms with van der Waals surface area (Å²) in [4.78, 5) is 24.5. The molecule has 0 aromatic rings. The first-order chi connectivity index (χ1) is 36.5. The predicted octanol–water partition coefficient (Wildman–Crippen LogP) is 20.9. The van der Waals surface area contributed by atoms with Gasteiger partial charge in [0.05, 0.1) is 25.4 Å². The zero-order valence-corrected chi connectivity index (χ0v) is 49.6. The third-order valence-corrected chi connectivity index (χ3v) is 15.1. The Morgan fingerprint density at radius 3 is 1.07 bits per heavy atom. The molecule has 0 radical (unpaired) electrons. The van der Waals surface area contributed by atoms with Crippen LogP contribution in [0.1, 0.15) is 348 Å². The van der Waals surface area contributed by atoms with Crippen LogP contribution in [0.5, 0.6) is 0 Å². The molecule has 0 aromatic heterocycles. The Labute approximate surface area is 461 Å². The fourth-order valence-corrected chi connectivity index (χ4v) is 10.0. The third-order valence-electron chi connectivity index (χ3n) is 15.1. The van der Waals surface area contributed by atoms with E-state index in [-0.39, 0.29) is 18.5 Å². The molecule has 2 atom stereocenters. The minimum atomic E-state index is -0.842. The molecule has 0 heterocycles. The standard InChI is InChI=1S/C68H127NO5/c1-3-5-7-9-11-13-15-40-44-48-52-56-60-66(71)65(64-70)69-67(72)61-57-53-49-45-41-38-36-34-32-30-28-26-24-22-20-18-17-19-21-23-25-27-29-31-33-35-37-39-43-47-51-55-59-63-74-68(73)62-58-54-50-46-42-16-14-12-10-8-6-4-2/h12,14,21,23,27,29,56,60,65-66,70-71H,3-11,13,15-20,22,24-26,28,30-55,57-59,61-64H2,1-2H3,(H,69,72)/b14-12-,23-21-,29-27-,60-56+. The predicted molar refractivity (Wildman–Crippen MR) is 324 cm³/mol. The average molecular weight is 1040 g/mol. The lowest BCUT2D eigenvalue weighted by atomic mass is 10.0. The van der Waals surface area contributed by atoms with Gasteiger partial charge in [-0.05, 0) is 89.9 Å². The minimum absolute atomic E-state index is 0.00351. The van der Waals surface area contributed by atoms with Crippen LogP contribution < -0.4 is 5.32 Å². The van der Waals surface area contributed by atoms with Crippen molar-refractivity contribution in [3.63, 3.8) is 0 Å². The summed E-state index contributed by atoms with van der Waals surface area (Å²) in [5, 5.41) is 23.1. The molecule has 0 aliphatic carbocycles. The maximum Gasteiger partial charge on any atom is 0.305 e. The van der Waals surface area contributed by atoms with Crippen LogP contribution in [0.2, 0.25) is 0 Å². The molecule has 0 fully saturated rings. The first-order valence-electron chi connectivity index (χ1n) is 32.9. The number of hydrogen-bond donors (Lipinski definition) is 3. The maximum atomic E-state index is 12.4. The second-order valence-corrected chi connectivity index (χ2v) is 22.4. The highest BCUT2D eigenvalue weighted by atomic mass is 16.5. The Hall–Kier alpha value is -2.18. The van der Waals surface area contributed by atoms with E-state index in [4.69, 9.17) is 4.74 Å². The molecule has 0 aromatic carbocycles. The number of unbranched alkanes of at least 4 members (excludes halogenated alkanes) is 44. The summed E-state index contributed by atoms with van der Waals surface area (Å²) in [6, 6.07) is -0.626. The topological polar surface area (TPSA) is 95.9 Å². The van der Waals surface area contributed by atoms with Crippen LogP contribution in [0.4, 0.5) is 0 Å². The van der Waals surface area contributed by atoms with E-state index in [1.807, 2.05) is 6.08 Å². The summed E-state index contributed by atoms with van der Waals surface area (Å²) in [5.41, 5.74) is 0. The highest BCUT2D eigenvalue weighted by molar-refractivity contribution is 5.76. The number of aliphatic hydroxyl groups excluding tert-OH is 2. The first kappa shape index (κ1) is 71.8. The molecular weight excluding hydrogens is 911 g/mol.